The zero-order valence-corrected chi connectivity index (χ0v) is 23.2. The van der Waals surface area contributed by atoms with Gasteiger partial charge in [-0.05, 0) is 63.8 Å². The van der Waals surface area contributed by atoms with E-state index in [9.17, 15) is 14.4 Å². The number of nitrogens with one attached hydrogen (secondary N) is 2. The van der Waals surface area contributed by atoms with Crippen molar-refractivity contribution >= 4 is 34.8 Å². The van der Waals surface area contributed by atoms with Crippen LogP contribution in [0.4, 0.5) is 4.79 Å². The van der Waals surface area contributed by atoms with Crippen LogP contribution in [0.25, 0.3) is 16.5 Å². The number of ether oxygens (including phenoxy) is 2. The number of rotatable bonds is 5. The van der Waals surface area contributed by atoms with Crippen LogP contribution in [0.5, 0.6) is 11.5 Å². The molecule has 5 fully saturated rings. The number of hydrogen-bond acceptors (Lipinski definition) is 8. The molecule has 5 aliphatic rings. The molecule has 0 atom stereocenters. The highest BCUT2D eigenvalue weighted by Gasteiger charge is 2.57. The van der Waals surface area contributed by atoms with E-state index in [-0.39, 0.29) is 23.1 Å². The highest BCUT2D eigenvalue weighted by Crippen LogP contribution is 2.57. The fraction of sp³-hybridized carbons (Fsp3) is 0.400. The molecule has 1 spiro atoms. The first-order valence-electron chi connectivity index (χ1n) is 13.8. The third-order valence-corrected chi connectivity index (χ3v) is 8.75. The van der Waals surface area contributed by atoms with Crippen LogP contribution >= 0.6 is 0 Å². The van der Waals surface area contributed by atoms with Gasteiger partial charge in [0.25, 0.3) is 5.91 Å². The lowest BCUT2D eigenvalue weighted by atomic mass is 9.50. The lowest BCUT2D eigenvalue weighted by Gasteiger charge is -2.61. The number of carbonyl (C=O) groups is 3. The molecule has 3 saturated carbocycles. The fourth-order valence-corrected chi connectivity index (χ4v) is 6.67. The summed E-state index contributed by atoms with van der Waals surface area (Å²) in [6, 6.07) is 7.23. The number of likely N-dealkylation sites (tertiary alicyclic amines) is 1. The Morgan fingerprint density at radius 1 is 1.22 bits per heavy atom. The number of aldehydes is 1. The summed E-state index contributed by atoms with van der Waals surface area (Å²) in [6.45, 7) is 6.09. The van der Waals surface area contributed by atoms with E-state index in [0.717, 1.165) is 61.0 Å². The van der Waals surface area contributed by atoms with E-state index in [2.05, 4.69) is 20.6 Å². The van der Waals surface area contributed by atoms with E-state index in [1.54, 1.807) is 29.0 Å². The molecule has 2 aliphatic heterocycles. The Bertz CT molecular complexity index is 1720. The molecule has 9 rings (SSSR count). The van der Waals surface area contributed by atoms with Gasteiger partial charge < -0.3 is 24.5 Å². The number of benzene rings is 1. The maximum atomic E-state index is 12.9. The van der Waals surface area contributed by atoms with Crippen molar-refractivity contribution in [3.8, 4) is 11.5 Å². The second-order valence-corrected chi connectivity index (χ2v) is 11.9. The summed E-state index contributed by atoms with van der Waals surface area (Å²) in [5, 5.41) is 10.9. The Kier molecular flexibility index (Phi) is 5.66. The maximum Gasteiger partial charge on any atom is 0.407 e. The van der Waals surface area contributed by atoms with Gasteiger partial charge >= 0.3 is 6.09 Å². The fourth-order valence-electron chi connectivity index (χ4n) is 6.67. The first-order chi connectivity index (χ1) is 19.7. The first-order valence-corrected chi connectivity index (χ1v) is 13.8. The third kappa shape index (κ3) is 4.22. The molecule has 1 aromatic carbocycles. The topological polar surface area (TPSA) is 127 Å². The normalized spacial score (nSPS) is 23.5. The van der Waals surface area contributed by atoms with Gasteiger partial charge in [0.15, 0.2) is 17.6 Å². The number of fused-ring (bicyclic) bond motifs is 2. The van der Waals surface area contributed by atoms with E-state index in [0.29, 0.717) is 40.5 Å². The lowest BCUT2D eigenvalue weighted by Crippen LogP contribution is -2.68. The molecule has 2 saturated heterocycles. The van der Waals surface area contributed by atoms with E-state index in [1.165, 1.54) is 0 Å². The molecule has 11 heteroatoms. The van der Waals surface area contributed by atoms with Gasteiger partial charge in [-0.3, -0.25) is 14.5 Å². The van der Waals surface area contributed by atoms with Gasteiger partial charge in [0.2, 0.25) is 0 Å². The van der Waals surface area contributed by atoms with Gasteiger partial charge in [-0.15, -0.1) is 0 Å². The molecule has 2 amide bonds. The molecule has 3 aliphatic carbocycles. The van der Waals surface area contributed by atoms with E-state index < -0.39 is 0 Å². The molecular weight excluding hydrogens is 526 g/mol. The van der Waals surface area contributed by atoms with Crippen LogP contribution in [0, 0.1) is 19.8 Å². The smallest absolute Gasteiger partial charge is 0.407 e. The van der Waals surface area contributed by atoms with Crippen molar-refractivity contribution in [1.29, 1.82) is 0 Å². The summed E-state index contributed by atoms with van der Waals surface area (Å²) in [5.41, 5.74) is 3.15. The van der Waals surface area contributed by atoms with Crippen molar-refractivity contribution < 1.29 is 28.3 Å². The summed E-state index contributed by atoms with van der Waals surface area (Å²) in [5.74, 6) is 2.50. The van der Waals surface area contributed by atoms with Crippen LogP contribution in [-0.4, -0.2) is 70.6 Å². The van der Waals surface area contributed by atoms with E-state index in [1.807, 2.05) is 33.0 Å². The summed E-state index contributed by atoms with van der Waals surface area (Å²) in [4.78, 5) is 36.9. The van der Waals surface area contributed by atoms with Crippen molar-refractivity contribution in [1.82, 2.24) is 25.1 Å². The molecule has 11 nitrogen and oxygen atoms in total. The molecule has 0 radical (unpaired) electrons. The second-order valence-electron chi connectivity index (χ2n) is 11.9. The van der Waals surface area contributed by atoms with Gasteiger partial charge in [0.05, 0.1) is 18.3 Å². The van der Waals surface area contributed by atoms with Gasteiger partial charge in [0.1, 0.15) is 22.6 Å². The third-order valence-electron chi connectivity index (χ3n) is 8.75. The maximum absolute atomic E-state index is 12.9. The van der Waals surface area contributed by atoms with Crippen molar-refractivity contribution in [3.05, 3.63) is 59.1 Å². The van der Waals surface area contributed by atoms with Crippen molar-refractivity contribution in [2.24, 2.45) is 5.92 Å². The van der Waals surface area contributed by atoms with Crippen molar-refractivity contribution in [2.45, 2.75) is 44.2 Å². The molecule has 0 unspecified atom stereocenters. The Morgan fingerprint density at radius 2 is 2.00 bits per heavy atom. The number of nitrogens with zero attached hydrogens (tertiary/aromatic N) is 3. The summed E-state index contributed by atoms with van der Waals surface area (Å²) < 4.78 is 18.7. The molecule has 2 N–H and O–H groups in total. The highest BCUT2D eigenvalue weighted by atomic mass is 16.6. The quantitative estimate of drug-likeness (QED) is 0.353. The van der Waals surface area contributed by atoms with Crippen LogP contribution < -0.4 is 15.4 Å². The minimum Gasteiger partial charge on any atom is -0.460 e. The molecule has 5 heterocycles. The number of carbonyl (C=O) groups excluding carboxylic acids is 3. The standard InChI is InChI=1S/C24H21N3O4.C6H10N2O2/c1-13-16(12-28)11-27-22(13)19(5-6-25-27)31-17-3-4-18-20(7-17)30-14(2)21(18)23(29)26-24-8-15(9-24)10-24;1-8-3-6(4-8)2-7-5(9)10-6/h3-7,11-12,15H,8-10H2,1-2H3,(H,26,29);2-4H2,1H3,(H,7,9). The van der Waals surface area contributed by atoms with Crippen LogP contribution in [0.3, 0.4) is 0 Å². The van der Waals surface area contributed by atoms with E-state index >= 15 is 0 Å². The number of aryl methyl sites for hydroxylation is 2. The van der Waals surface area contributed by atoms with Gasteiger partial charge in [-0.25, -0.2) is 9.31 Å². The van der Waals surface area contributed by atoms with Gasteiger partial charge in [0, 0.05) is 47.9 Å². The summed E-state index contributed by atoms with van der Waals surface area (Å²) >= 11 is 0. The van der Waals surface area contributed by atoms with Crippen molar-refractivity contribution in [3.63, 3.8) is 0 Å². The monoisotopic (exact) mass is 557 g/mol. The SMILES string of the molecule is CN1CC2(CNC(=O)O2)C1.Cc1oc2cc(Oc3ccnn4cc(C=O)c(C)c34)ccc2c1C(=O)NC12CC(C1)C2. The Labute approximate surface area is 235 Å². The predicted molar refractivity (Wildman–Crippen MR) is 149 cm³/mol. The number of likely N-dealkylation sites (N-methyl/N-ethyl adjacent to an activating group) is 1. The first kappa shape index (κ1) is 25.6. The molecule has 3 aromatic heterocycles. The average molecular weight is 558 g/mol. The van der Waals surface area contributed by atoms with Crippen LogP contribution in [0.15, 0.2) is 41.1 Å². The minimum atomic E-state index is -0.270. The summed E-state index contributed by atoms with van der Waals surface area (Å²) in [6.07, 6.45) is 7.13. The lowest BCUT2D eigenvalue weighted by molar-refractivity contribution is -0.0601. The molecule has 212 valence electrons. The van der Waals surface area contributed by atoms with Crippen LogP contribution in [0.2, 0.25) is 0 Å². The number of aromatic nitrogens is 2. The van der Waals surface area contributed by atoms with Gasteiger partial charge in [-0.2, -0.15) is 5.10 Å². The van der Waals surface area contributed by atoms with Crippen LogP contribution in [0.1, 0.15) is 51.3 Å². The molecular formula is C30H31N5O6. The van der Waals surface area contributed by atoms with Crippen LogP contribution in [-0.2, 0) is 4.74 Å². The number of furan rings is 1. The minimum absolute atomic E-state index is 0.0169. The predicted octanol–water partition coefficient (Wildman–Crippen LogP) is 3.99. The molecule has 41 heavy (non-hydrogen) atoms. The molecule has 4 aromatic rings. The highest BCUT2D eigenvalue weighted by molar-refractivity contribution is 6.07. The van der Waals surface area contributed by atoms with Crippen molar-refractivity contribution in [2.75, 3.05) is 26.7 Å². The number of hydrogen-bond donors (Lipinski definition) is 2. The summed E-state index contributed by atoms with van der Waals surface area (Å²) in [7, 11) is 2.01. The average Bonchev–Trinajstić information content (AvgIpc) is 3.53. The number of alkyl carbamates (subject to hydrolysis) is 1. The number of amides is 2. The second kappa shape index (κ2) is 9.07. The van der Waals surface area contributed by atoms with E-state index in [4.69, 9.17) is 13.9 Å². The largest absolute Gasteiger partial charge is 0.460 e. The Hall–Kier alpha value is -4.38. The Morgan fingerprint density at radius 3 is 2.63 bits per heavy atom. The zero-order valence-electron chi connectivity index (χ0n) is 23.2. The van der Waals surface area contributed by atoms with Gasteiger partial charge in [-0.1, -0.05) is 0 Å². The molecule has 2 bridgehead atoms. The Balaban J connectivity index is 0.000000232. The zero-order chi connectivity index (χ0) is 28.5.